The average Bonchev–Trinajstić information content (AvgIpc) is 3.20. The van der Waals surface area contributed by atoms with Crippen LogP contribution in [0.1, 0.15) is 32.2 Å². The Hall–Kier alpha value is -2.95. The predicted molar refractivity (Wildman–Crippen MR) is 99.0 cm³/mol. The van der Waals surface area contributed by atoms with Gasteiger partial charge in [-0.3, -0.25) is 4.57 Å². The zero-order valence-corrected chi connectivity index (χ0v) is 14.9. The maximum atomic E-state index is 4.98. The van der Waals surface area contributed by atoms with Crippen LogP contribution in [-0.2, 0) is 5.41 Å². The van der Waals surface area contributed by atoms with Crippen LogP contribution in [0.15, 0.2) is 55.1 Å². The fourth-order valence-corrected chi connectivity index (χ4v) is 3.01. The number of benzene rings is 1. The molecular weight excluding hydrogens is 310 g/mol. The van der Waals surface area contributed by atoms with Gasteiger partial charge in [0.25, 0.3) is 0 Å². The van der Waals surface area contributed by atoms with Crippen LogP contribution in [0.5, 0.6) is 0 Å². The first-order valence-corrected chi connectivity index (χ1v) is 8.40. The standard InChI is InChI=1S/C20H21N5/c1-14-18(15-8-6-5-7-9-15)19-22-16(20(2,3)4)12-17(25(19)23-14)24-11-10-21-13-24/h5-13H,1-4H3. The minimum atomic E-state index is -0.0663. The van der Waals surface area contributed by atoms with Crippen LogP contribution >= 0.6 is 0 Å². The van der Waals surface area contributed by atoms with E-state index in [0.29, 0.717) is 0 Å². The number of aromatic nitrogens is 5. The van der Waals surface area contributed by atoms with E-state index in [9.17, 15) is 0 Å². The fraction of sp³-hybridized carbons (Fsp3) is 0.250. The van der Waals surface area contributed by atoms with Crippen molar-refractivity contribution in [2.75, 3.05) is 0 Å². The molecule has 0 aliphatic carbocycles. The Bertz CT molecular complexity index is 1020. The number of aryl methyl sites for hydroxylation is 1. The van der Waals surface area contributed by atoms with Gasteiger partial charge in [-0.25, -0.2) is 9.97 Å². The molecule has 0 N–H and O–H groups in total. The van der Waals surface area contributed by atoms with Crippen LogP contribution in [-0.4, -0.2) is 24.1 Å². The summed E-state index contributed by atoms with van der Waals surface area (Å²) in [6.07, 6.45) is 5.50. The first-order chi connectivity index (χ1) is 11.9. The van der Waals surface area contributed by atoms with Crippen LogP contribution in [0.25, 0.3) is 22.6 Å². The van der Waals surface area contributed by atoms with Crippen molar-refractivity contribution < 1.29 is 0 Å². The molecule has 5 heteroatoms. The second kappa shape index (κ2) is 5.55. The quantitative estimate of drug-likeness (QED) is 0.553. The van der Waals surface area contributed by atoms with Crippen molar-refractivity contribution in [1.29, 1.82) is 0 Å². The molecule has 1 aromatic carbocycles. The molecule has 0 bridgehead atoms. The lowest BCUT2D eigenvalue weighted by Gasteiger charge is -2.19. The fourth-order valence-electron chi connectivity index (χ4n) is 3.01. The van der Waals surface area contributed by atoms with Gasteiger partial charge in [-0.1, -0.05) is 51.1 Å². The topological polar surface area (TPSA) is 48.0 Å². The van der Waals surface area contributed by atoms with E-state index in [-0.39, 0.29) is 5.41 Å². The highest BCUT2D eigenvalue weighted by atomic mass is 15.3. The molecule has 25 heavy (non-hydrogen) atoms. The Morgan fingerprint density at radius 2 is 1.80 bits per heavy atom. The zero-order valence-electron chi connectivity index (χ0n) is 14.9. The van der Waals surface area contributed by atoms with E-state index in [0.717, 1.165) is 34.0 Å². The molecular formula is C20H21N5. The molecule has 0 saturated carbocycles. The molecule has 126 valence electrons. The van der Waals surface area contributed by atoms with Crippen molar-refractivity contribution in [3.8, 4) is 16.9 Å². The maximum Gasteiger partial charge on any atom is 0.165 e. The van der Waals surface area contributed by atoms with E-state index in [1.165, 1.54) is 0 Å². The van der Waals surface area contributed by atoms with Gasteiger partial charge in [-0.15, -0.1) is 0 Å². The zero-order chi connectivity index (χ0) is 17.6. The molecule has 0 aliphatic rings. The average molecular weight is 331 g/mol. The Labute approximate surface area is 147 Å². The minimum absolute atomic E-state index is 0.0663. The summed E-state index contributed by atoms with van der Waals surface area (Å²) in [5.41, 5.74) is 5.01. The third kappa shape index (κ3) is 2.61. The van der Waals surface area contributed by atoms with Crippen molar-refractivity contribution in [3.05, 3.63) is 66.5 Å². The molecule has 3 heterocycles. The lowest BCUT2D eigenvalue weighted by atomic mass is 9.92. The van der Waals surface area contributed by atoms with Crippen LogP contribution in [0, 0.1) is 6.92 Å². The summed E-state index contributed by atoms with van der Waals surface area (Å²) < 4.78 is 3.89. The number of hydrogen-bond acceptors (Lipinski definition) is 3. The first-order valence-electron chi connectivity index (χ1n) is 8.40. The largest absolute Gasteiger partial charge is 0.290 e. The van der Waals surface area contributed by atoms with Gasteiger partial charge >= 0.3 is 0 Å². The SMILES string of the molecule is Cc1nn2c(-n3ccnc3)cc(C(C)(C)C)nc2c1-c1ccccc1. The molecule has 3 aromatic heterocycles. The minimum Gasteiger partial charge on any atom is -0.290 e. The summed E-state index contributed by atoms with van der Waals surface area (Å²) in [7, 11) is 0. The summed E-state index contributed by atoms with van der Waals surface area (Å²) in [6.45, 7) is 8.56. The van der Waals surface area contributed by atoms with Crippen molar-refractivity contribution in [2.24, 2.45) is 0 Å². The van der Waals surface area contributed by atoms with E-state index in [1.807, 2.05) is 40.4 Å². The maximum absolute atomic E-state index is 4.98. The second-order valence-electron chi connectivity index (χ2n) is 7.28. The van der Waals surface area contributed by atoms with Crippen LogP contribution < -0.4 is 0 Å². The molecule has 0 saturated heterocycles. The van der Waals surface area contributed by atoms with Gasteiger partial charge in [0.2, 0.25) is 0 Å². The van der Waals surface area contributed by atoms with Gasteiger partial charge in [-0.2, -0.15) is 9.61 Å². The molecule has 0 atom stereocenters. The Balaban J connectivity index is 2.09. The van der Waals surface area contributed by atoms with E-state index >= 15 is 0 Å². The highest BCUT2D eigenvalue weighted by Gasteiger charge is 2.22. The smallest absolute Gasteiger partial charge is 0.165 e. The van der Waals surface area contributed by atoms with Gasteiger partial charge in [0, 0.05) is 29.4 Å². The molecule has 0 radical (unpaired) electrons. The summed E-state index contributed by atoms with van der Waals surface area (Å²) in [5.74, 6) is 0.942. The van der Waals surface area contributed by atoms with E-state index < -0.39 is 0 Å². The molecule has 4 rings (SSSR count). The van der Waals surface area contributed by atoms with E-state index in [4.69, 9.17) is 10.1 Å². The Kier molecular flexibility index (Phi) is 3.46. The summed E-state index contributed by atoms with van der Waals surface area (Å²) in [5, 5.41) is 4.77. The van der Waals surface area contributed by atoms with Gasteiger partial charge < -0.3 is 0 Å². The molecule has 0 fully saturated rings. The molecule has 0 spiro atoms. The third-order valence-corrected chi connectivity index (χ3v) is 4.35. The lowest BCUT2D eigenvalue weighted by Crippen LogP contribution is -2.16. The monoisotopic (exact) mass is 331 g/mol. The highest BCUT2D eigenvalue weighted by molar-refractivity contribution is 5.80. The van der Waals surface area contributed by atoms with Crippen LogP contribution in [0.2, 0.25) is 0 Å². The lowest BCUT2D eigenvalue weighted by molar-refractivity contribution is 0.567. The third-order valence-electron chi connectivity index (χ3n) is 4.35. The van der Waals surface area contributed by atoms with E-state index in [1.54, 1.807) is 12.5 Å². The molecule has 0 aliphatic heterocycles. The first kappa shape index (κ1) is 15.6. The molecule has 0 unspecified atom stereocenters. The van der Waals surface area contributed by atoms with Gasteiger partial charge in [0.15, 0.2) is 5.65 Å². The number of rotatable bonds is 2. The predicted octanol–water partition coefficient (Wildman–Crippen LogP) is 4.19. The van der Waals surface area contributed by atoms with Crippen molar-refractivity contribution >= 4 is 5.65 Å². The van der Waals surface area contributed by atoms with Crippen molar-refractivity contribution in [2.45, 2.75) is 33.1 Å². The van der Waals surface area contributed by atoms with Crippen LogP contribution in [0.3, 0.4) is 0 Å². The van der Waals surface area contributed by atoms with E-state index in [2.05, 4.69) is 44.0 Å². The Morgan fingerprint density at radius 3 is 2.44 bits per heavy atom. The normalized spacial score (nSPS) is 12.0. The van der Waals surface area contributed by atoms with Gasteiger partial charge in [-0.05, 0) is 12.5 Å². The highest BCUT2D eigenvalue weighted by Crippen LogP contribution is 2.31. The number of hydrogen-bond donors (Lipinski definition) is 0. The summed E-state index contributed by atoms with van der Waals surface area (Å²) >= 11 is 0. The molecule has 0 amide bonds. The van der Waals surface area contributed by atoms with Crippen molar-refractivity contribution in [1.82, 2.24) is 24.1 Å². The number of fused-ring (bicyclic) bond motifs is 1. The molecule has 5 nitrogen and oxygen atoms in total. The van der Waals surface area contributed by atoms with Gasteiger partial charge in [0.05, 0.1) is 11.4 Å². The summed E-state index contributed by atoms with van der Waals surface area (Å²) in [6, 6.07) is 12.4. The number of nitrogens with zero attached hydrogens (tertiary/aromatic N) is 5. The van der Waals surface area contributed by atoms with Crippen molar-refractivity contribution in [3.63, 3.8) is 0 Å². The molecule has 4 aromatic rings. The van der Waals surface area contributed by atoms with Gasteiger partial charge in [0.1, 0.15) is 12.1 Å². The Morgan fingerprint density at radius 1 is 1.04 bits per heavy atom. The number of imidazole rings is 1. The second-order valence-corrected chi connectivity index (χ2v) is 7.28. The van der Waals surface area contributed by atoms with Crippen LogP contribution in [0.4, 0.5) is 0 Å². The summed E-state index contributed by atoms with van der Waals surface area (Å²) in [4.78, 5) is 9.17.